The van der Waals surface area contributed by atoms with Crippen LogP contribution < -0.4 is 4.98 Å². The Morgan fingerprint density at radius 3 is 3.10 bits per heavy atom. The Morgan fingerprint density at radius 1 is 1.90 bits per heavy atom. The van der Waals surface area contributed by atoms with Crippen molar-refractivity contribution in [2.24, 2.45) is 0 Å². The first kappa shape index (κ1) is 8.20. The van der Waals surface area contributed by atoms with E-state index in [0.29, 0.717) is 12.2 Å². The van der Waals surface area contributed by atoms with Crippen LogP contribution in [0.25, 0.3) is 0 Å². The molecule has 0 aromatic rings. The molecule has 2 unspecified atom stereocenters. The minimum atomic E-state index is 0.335. The van der Waals surface area contributed by atoms with E-state index in [1.165, 1.54) is 0 Å². The van der Waals surface area contributed by atoms with Crippen molar-refractivity contribution in [2.45, 2.75) is 19.1 Å². The topological polar surface area (TPSA) is 33.8 Å². The predicted octanol–water partition coefficient (Wildman–Crippen LogP) is -1.34. The van der Waals surface area contributed by atoms with Crippen molar-refractivity contribution in [3.8, 4) is 0 Å². The third-order valence-corrected chi connectivity index (χ3v) is 1.87. The van der Waals surface area contributed by atoms with Gasteiger partial charge >= 0.3 is 0 Å². The number of nitrogens with one attached hydrogen (secondary N) is 1. The zero-order valence-corrected chi connectivity index (χ0v) is 8.59. The summed E-state index contributed by atoms with van der Waals surface area (Å²) in [6.45, 7) is 4.71. The van der Waals surface area contributed by atoms with E-state index in [1.54, 1.807) is 0 Å². The van der Waals surface area contributed by atoms with Gasteiger partial charge in [-0.3, -0.25) is 0 Å². The third-order valence-electron chi connectivity index (χ3n) is 1.46. The molecule has 1 rings (SSSR count). The Kier molecular flexibility index (Phi) is 3.34. The van der Waals surface area contributed by atoms with Crippen molar-refractivity contribution < 1.29 is 9.47 Å². The molecule has 0 aliphatic carbocycles. The Balaban J connectivity index is 1.89. The van der Waals surface area contributed by atoms with Crippen LogP contribution in [-0.2, 0) is 9.47 Å². The Labute approximate surface area is 64.6 Å². The van der Waals surface area contributed by atoms with Gasteiger partial charge in [0.25, 0.3) is 0 Å². The van der Waals surface area contributed by atoms with Gasteiger partial charge in [-0.05, 0) is 6.92 Å². The number of epoxide rings is 1. The monoisotopic (exact) mass is 161 g/mol. The molecule has 2 atom stereocenters. The van der Waals surface area contributed by atoms with Crippen molar-refractivity contribution in [3.05, 3.63) is 0 Å². The van der Waals surface area contributed by atoms with Crippen LogP contribution in [0.4, 0.5) is 0 Å². The van der Waals surface area contributed by atoms with Crippen molar-refractivity contribution in [1.29, 1.82) is 0 Å². The fourth-order valence-electron chi connectivity index (χ4n) is 0.782. The lowest BCUT2D eigenvalue weighted by Gasteiger charge is -2.10. The molecular weight excluding hydrogens is 146 g/mol. The van der Waals surface area contributed by atoms with Gasteiger partial charge in [-0.25, -0.2) is 0 Å². The molecule has 0 bridgehead atoms. The van der Waals surface area contributed by atoms with Crippen LogP contribution in [0, 0.1) is 0 Å². The number of hydrogen-bond acceptors (Lipinski definition) is 3. The second-order valence-corrected chi connectivity index (χ2v) is 3.36. The standard InChI is InChI=1S/C6H15NO2Si/c1-5(2-7-10)8-3-6-4-9-6/h5-7H,2-4H2,1,10H3. The van der Waals surface area contributed by atoms with E-state index in [9.17, 15) is 0 Å². The van der Waals surface area contributed by atoms with Crippen molar-refractivity contribution in [3.63, 3.8) is 0 Å². The summed E-state index contributed by atoms with van der Waals surface area (Å²) in [5.41, 5.74) is 0. The van der Waals surface area contributed by atoms with Gasteiger partial charge in [0.2, 0.25) is 0 Å². The van der Waals surface area contributed by atoms with Gasteiger partial charge in [0, 0.05) is 6.54 Å². The van der Waals surface area contributed by atoms with E-state index < -0.39 is 0 Å². The molecule has 1 aliphatic rings. The smallest absolute Gasteiger partial charge is 0.104 e. The van der Waals surface area contributed by atoms with Crippen LogP contribution in [0.3, 0.4) is 0 Å². The lowest BCUT2D eigenvalue weighted by Crippen LogP contribution is -2.25. The minimum Gasteiger partial charge on any atom is -0.374 e. The summed E-state index contributed by atoms with van der Waals surface area (Å²) in [7, 11) is 1.04. The summed E-state index contributed by atoms with van der Waals surface area (Å²) in [4.78, 5) is 3.18. The molecular formula is C6H15NO2Si. The molecule has 0 aromatic carbocycles. The molecule has 4 heteroatoms. The van der Waals surface area contributed by atoms with E-state index in [2.05, 4.69) is 11.9 Å². The first-order valence-electron chi connectivity index (χ1n) is 3.70. The molecule has 3 nitrogen and oxygen atoms in total. The maximum atomic E-state index is 5.44. The normalized spacial score (nSPS) is 26.7. The van der Waals surface area contributed by atoms with Crippen LogP contribution in [0.15, 0.2) is 0 Å². The van der Waals surface area contributed by atoms with Crippen LogP contribution >= 0.6 is 0 Å². The average molecular weight is 161 g/mol. The van der Waals surface area contributed by atoms with E-state index in [4.69, 9.17) is 9.47 Å². The number of hydrogen-bond donors (Lipinski definition) is 1. The molecule has 1 heterocycles. The van der Waals surface area contributed by atoms with Crippen LogP contribution in [-0.4, -0.2) is 42.4 Å². The molecule has 0 saturated carbocycles. The van der Waals surface area contributed by atoms with Gasteiger partial charge in [0.15, 0.2) is 0 Å². The van der Waals surface area contributed by atoms with Crippen molar-refractivity contribution in [1.82, 2.24) is 4.98 Å². The fraction of sp³-hybridized carbons (Fsp3) is 1.00. The highest BCUT2D eigenvalue weighted by atomic mass is 28.2. The number of ether oxygens (including phenoxy) is 2. The molecule has 0 aromatic heterocycles. The first-order valence-corrected chi connectivity index (χ1v) is 4.70. The van der Waals surface area contributed by atoms with Crippen LogP contribution in [0.2, 0.25) is 0 Å². The Bertz CT molecular complexity index is 97.7. The lowest BCUT2D eigenvalue weighted by molar-refractivity contribution is 0.0578. The van der Waals surface area contributed by atoms with Gasteiger partial charge in [-0.15, -0.1) is 0 Å². The average Bonchev–Trinajstić information content (AvgIpc) is 2.67. The summed E-state index contributed by atoms with van der Waals surface area (Å²) in [5.74, 6) is 0. The molecule has 0 amide bonds. The molecule has 1 aliphatic heterocycles. The second-order valence-electron chi connectivity index (χ2n) is 2.66. The summed E-state index contributed by atoms with van der Waals surface area (Å²) in [6.07, 6.45) is 0.734. The molecule has 0 spiro atoms. The fourth-order valence-corrected chi connectivity index (χ4v) is 1.36. The largest absolute Gasteiger partial charge is 0.374 e. The maximum Gasteiger partial charge on any atom is 0.104 e. The van der Waals surface area contributed by atoms with Crippen molar-refractivity contribution >= 4 is 10.4 Å². The van der Waals surface area contributed by atoms with Gasteiger partial charge < -0.3 is 14.5 Å². The Morgan fingerprint density at radius 2 is 2.60 bits per heavy atom. The SMILES string of the molecule is CC(CN[SiH3])OCC1CO1. The maximum absolute atomic E-state index is 5.44. The highest BCUT2D eigenvalue weighted by Gasteiger charge is 2.22. The van der Waals surface area contributed by atoms with Crippen LogP contribution in [0.1, 0.15) is 6.92 Å². The third kappa shape index (κ3) is 3.31. The molecule has 1 saturated heterocycles. The van der Waals surface area contributed by atoms with E-state index in [-0.39, 0.29) is 0 Å². The van der Waals surface area contributed by atoms with E-state index >= 15 is 0 Å². The van der Waals surface area contributed by atoms with Gasteiger partial charge in [0.05, 0.1) is 29.7 Å². The second kappa shape index (κ2) is 4.08. The summed E-state index contributed by atoms with van der Waals surface area (Å²) >= 11 is 0. The highest BCUT2D eigenvalue weighted by molar-refractivity contribution is 6.04. The first-order chi connectivity index (χ1) is 4.83. The Hall–Kier alpha value is 0.0969. The quantitative estimate of drug-likeness (QED) is 0.400. The van der Waals surface area contributed by atoms with Gasteiger partial charge in [0.1, 0.15) is 6.10 Å². The lowest BCUT2D eigenvalue weighted by atomic mass is 10.4. The summed E-state index contributed by atoms with van der Waals surface area (Å²) in [6, 6.07) is 0. The highest BCUT2D eigenvalue weighted by Crippen LogP contribution is 2.09. The molecule has 60 valence electrons. The van der Waals surface area contributed by atoms with Crippen molar-refractivity contribution in [2.75, 3.05) is 19.8 Å². The van der Waals surface area contributed by atoms with Gasteiger partial charge in [-0.1, -0.05) is 0 Å². The zero-order valence-electron chi connectivity index (χ0n) is 6.59. The molecule has 1 fully saturated rings. The summed E-state index contributed by atoms with van der Waals surface area (Å²) < 4.78 is 10.4. The van der Waals surface area contributed by atoms with E-state index in [1.807, 2.05) is 0 Å². The zero-order chi connectivity index (χ0) is 7.40. The van der Waals surface area contributed by atoms with Crippen LogP contribution in [0.5, 0.6) is 0 Å². The van der Waals surface area contributed by atoms with E-state index in [0.717, 1.165) is 30.2 Å². The minimum absolute atomic E-state index is 0.335. The molecule has 1 N–H and O–H groups in total. The van der Waals surface area contributed by atoms with Gasteiger partial charge in [-0.2, -0.15) is 0 Å². The number of rotatable bonds is 5. The summed E-state index contributed by atoms with van der Waals surface area (Å²) in [5, 5.41) is 0. The predicted molar refractivity (Wildman–Crippen MR) is 43.1 cm³/mol. The molecule has 10 heavy (non-hydrogen) atoms. The molecule has 0 radical (unpaired) electrons.